The van der Waals surface area contributed by atoms with E-state index in [0.717, 1.165) is 37.2 Å². The van der Waals surface area contributed by atoms with Gasteiger partial charge in [-0.05, 0) is 52.3 Å². The molecular weight excluding hydrogens is 330 g/mol. The number of nitrogens with zero attached hydrogens (tertiary/aromatic N) is 2. The van der Waals surface area contributed by atoms with E-state index in [1.54, 1.807) is 4.90 Å². The highest BCUT2D eigenvalue weighted by atomic mass is 16.6. The molecule has 1 aliphatic heterocycles. The molecule has 1 saturated heterocycles. The maximum absolute atomic E-state index is 12.2. The molecule has 144 valence electrons. The number of rotatable bonds is 5. The van der Waals surface area contributed by atoms with Gasteiger partial charge in [0.05, 0.1) is 0 Å². The van der Waals surface area contributed by atoms with Crippen LogP contribution in [0.25, 0.3) is 0 Å². The van der Waals surface area contributed by atoms with Gasteiger partial charge in [0.15, 0.2) is 0 Å². The SMILES string of the molecule is Cc1ccccc1C(=O)NCCCN1CCN(C(=O)OC(C)(C)C)CC1. The Bertz CT molecular complexity index is 617. The summed E-state index contributed by atoms with van der Waals surface area (Å²) in [5.41, 5.74) is 1.27. The van der Waals surface area contributed by atoms with Crippen molar-refractivity contribution in [1.82, 2.24) is 15.1 Å². The van der Waals surface area contributed by atoms with Crippen LogP contribution in [-0.4, -0.2) is 66.7 Å². The Hall–Kier alpha value is -2.08. The van der Waals surface area contributed by atoms with Gasteiger partial charge in [0.1, 0.15) is 5.60 Å². The number of aryl methyl sites for hydroxylation is 1. The Morgan fingerprint density at radius 2 is 1.77 bits per heavy atom. The first kappa shape index (κ1) is 20.2. The Morgan fingerprint density at radius 3 is 2.38 bits per heavy atom. The standard InChI is InChI=1S/C20H31N3O3/c1-16-8-5-6-9-17(16)18(24)21-10-7-11-22-12-14-23(15-13-22)19(25)26-20(2,3)4/h5-6,8-9H,7,10-15H2,1-4H3,(H,21,24). The number of hydrogen-bond donors (Lipinski definition) is 1. The van der Waals surface area contributed by atoms with Crippen molar-refractivity contribution in [1.29, 1.82) is 0 Å². The molecule has 2 rings (SSSR count). The third-order valence-electron chi connectivity index (χ3n) is 4.35. The van der Waals surface area contributed by atoms with E-state index < -0.39 is 5.60 Å². The lowest BCUT2D eigenvalue weighted by Gasteiger charge is -2.35. The Labute approximate surface area is 156 Å². The molecule has 0 atom stereocenters. The number of benzene rings is 1. The summed E-state index contributed by atoms with van der Waals surface area (Å²) in [7, 11) is 0. The van der Waals surface area contributed by atoms with E-state index in [9.17, 15) is 9.59 Å². The summed E-state index contributed by atoms with van der Waals surface area (Å²) in [6.07, 6.45) is 0.659. The van der Waals surface area contributed by atoms with Gasteiger partial charge in [-0.1, -0.05) is 18.2 Å². The second-order valence-electron chi connectivity index (χ2n) is 7.73. The van der Waals surface area contributed by atoms with Gasteiger partial charge in [0.2, 0.25) is 0 Å². The fraction of sp³-hybridized carbons (Fsp3) is 0.600. The maximum Gasteiger partial charge on any atom is 0.410 e. The number of carbonyl (C=O) groups excluding carboxylic acids is 2. The molecule has 0 saturated carbocycles. The van der Waals surface area contributed by atoms with Gasteiger partial charge in [0, 0.05) is 38.3 Å². The van der Waals surface area contributed by atoms with Crippen molar-refractivity contribution in [3.05, 3.63) is 35.4 Å². The highest BCUT2D eigenvalue weighted by Crippen LogP contribution is 2.12. The van der Waals surface area contributed by atoms with Crippen LogP contribution in [0.2, 0.25) is 0 Å². The number of nitrogens with one attached hydrogen (secondary N) is 1. The summed E-state index contributed by atoms with van der Waals surface area (Å²) in [5.74, 6) is -0.0159. The number of carbonyl (C=O) groups is 2. The lowest BCUT2D eigenvalue weighted by atomic mass is 10.1. The van der Waals surface area contributed by atoms with Crippen LogP contribution < -0.4 is 5.32 Å². The highest BCUT2D eigenvalue weighted by molar-refractivity contribution is 5.95. The third kappa shape index (κ3) is 6.33. The lowest BCUT2D eigenvalue weighted by molar-refractivity contribution is 0.0144. The van der Waals surface area contributed by atoms with Crippen LogP contribution in [0.1, 0.15) is 43.1 Å². The largest absolute Gasteiger partial charge is 0.444 e. The predicted molar refractivity (Wildman–Crippen MR) is 102 cm³/mol. The van der Waals surface area contributed by atoms with E-state index in [-0.39, 0.29) is 12.0 Å². The molecule has 1 aromatic carbocycles. The van der Waals surface area contributed by atoms with Gasteiger partial charge in [-0.15, -0.1) is 0 Å². The molecule has 1 heterocycles. The van der Waals surface area contributed by atoms with Crippen LogP contribution in [0.5, 0.6) is 0 Å². The molecule has 6 nitrogen and oxygen atoms in total. The molecule has 0 aromatic heterocycles. The van der Waals surface area contributed by atoms with Crippen LogP contribution in [-0.2, 0) is 4.74 Å². The van der Waals surface area contributed by atoms with Crippen LogP contribution in [0.4, 0.5) is 4.79 Å². The molecule has 0 bridgehead atoms. The fourth-order valence-corrected chi connectivity index (χ4v) is 2.91. The number of ether oxygens (including phenoxy) is 1. The van der Waals surface area contributed by atoms with Crippen molar-refractivity contribution in [2.45, 2.75) is 39.7 Å². The van der Waals surface area contributed by atoms with E-state index in [2.05, 4.69) is 10.2 Å². The average Bonchev–Trinajstić information content (AvgIpc) is 2.58. The smallest absolute Gasteiger partial charge is 0.410 e. The summed E-state index contributed by atoms with van der Waals surface area (Å²) in [4.78, 5) is 28.3. The molecule has 6 heteroatoms. The summed E-state index contributed by atoms with van der Waals surface area (Å²) < 4.78 is 5.41. The minimum Gasteiger partial charge on any atom is -0.444 e. The van der Waals surface area contributed by atoms with Gasteiger partial charge >= 0.3 is 6.09 Å². The van der Waals surface area contributed by atoms with Gasteiger partial charge in [0.25, 0.3) is 5.91 Å². The maximum atomic E-state index is 12.2. The van der Waals surface area contributed by atoms with E-state index in [1.165, 1.54) is 0 Å². The van der Waals surface area contributed by atoms with Crippen LogP contribution in [0.15, 0.2) is 24.3 Å². The van der Waals surface area contributed by atoms with E-state index in [1.807, 2.05) is 52.0 Å². The molecule has 1 N–H and O–H groups in total. The van der Waals surface area contributed by atoms with Gasteiger partial charge in [-0.2, -0.15) is 0 Å². The molecule has 0 aliphatic carbocycles. The number of piperazine rings is 1. The monoisotopic (exact) mass is 361 g/mol. The van der Waals surface area contributed by atoms with Gasteiger partial charge in [-0.3, -0.25) is 9.69 Å². The van der Waals surface area contributed by atoms with Crippen molar-refractivity contribution >= 4 is 12.0 Å². The topological polar surface area (TPSA) is 61.9 Å². The molecule has 1 aliphatic rings. The van der Waals surface area contributed by atoms with Crippen molar-refractivity contribution in [3.8, 4) is 0 Å². The fourth-order valence-electron chi connectivity index (χ4n) is 2.91. The van der Waals surface area contributed by atoms with E-state index in [0.29, 0.717) is 19.6 Å². The van der Waals surface area contributed by atoms with Crippen molar-refractivity contribution in [2.24, 2.45) is 0 Å². The van der Waals surface area contributed by atoms with Crippen LogP contribution >= 0.6 is 0 Å². The van der Waals surface area contributed by atoms with E-state index >= 15 is 0 Å². The summed E-state index contributed by atoms with van der Waals surface area (Å²) in [6, 6.07) is 7.61. The molecule has 1 aromatic rings. The zero-order chi connectivity index (χ0) is 19.2. The van der Waals surface area contributed by atoms with Crippen molar-refractivity contribution in [3.63, 3.8) is 0 Å². The predicted octanol–water partition coefficient (Wildman–Crippen LogP) is 2.67. The van der Waals surface area contributed by atoms with Gasteiger partial charge < -0.3 is 15.0 Å². The zero-order valence-electron chi connectivity index (χ0n) is 16.4. The summed E-state index contributed by atoms with van der Waals surface area (Å²) in [5, 5.41) is 2.98. The number of hydrogen-bond acceptors (Lipinski definition) is 4. The molecule has 0 unspecified atom stereocenters. The van der Waals surface area contributed by atoms with Crippen molar-refractivity contribution < 1.29 is 14.3 Å². The van der Waals surface area contributed by atoms with Crippen LogP contribution in [0.3, 0.4) is 0 Å². The third-order valence-corrected chi connectivity index (χ3v) is 4.35. The quantitative estimate of drug-likeness (QED) is 0.819. The Morgan fingerprint density at radius 1 is 1.12 bits per heavy atom. The molecule has 26 heavy (non-hydrogen) atoms. The summed E-state index contributed by atoms with van der Waals surface area (Å²) in [6.45, 7) is 12.2. The highest BCUT2D eigenvalue weighted by Gasteiger charge is 2.25. The first-order valence-corrected chi connectivity index (χ1v) is 9.30. The zero-order valence-corrected chi connectivity index (χ0v) is 16.4. The minimum absolute atomic E-state index is 0.0159. The van der Waals surface area contributed by atoms with Crippen LogP contribution in [0, 0.1) is 6.92 Å². The first-order chi connectivity index (χ1) is 12.3. The number of amides is 2. The van der Waals surface area contributed by atoms with E-state index in [4.69, 9.17) is 4.74 Å². The molecular formula is C20H31N3O3. The normalized spacial score (nSPS) is 15.6. The first-order valence-electron chi connectivity index (χ1n) is 9.30. The molecule has 1 fully saturated rings. The average molecular weight is 361 g/mol. The van der Waals surface area contributed by atoms with Crippen molar-refractivity contribution in [2.75, 3.05) is 39.3 Å². The Kier molecular flexibility index (Phi) is 7.03. The molecule has 2 amide bonds. The molecule has 0 radical (unpaired) electrons. The lowest BCUT2D eigenvalue weighted by Crippen LogP contribution is -2.50. The van der Waals surface area contributed by atoms with Gasteiger partial charge in [-0.25, -0.2) is 4.79 Å². The summed E-state index contributed by atoms with van der Waals surface area (Å²) >= 11 is 0. The molecule has 0 spiro atoms. The second-order valence-corrected chi connectivity index (χ2v) is 7.73. The minimum atomic E-state index is -0.455. The second kappa shape index (κ2) is 9.03. The Balaban J connectivity index is 1.64.